The van der Waals surface area contributed by atoms with Crippen molar-refractivity contribution in [3.05, 3.63) is 23.8 Å². The fraction of sp³-hybridized carbons (Fsp3) is 0.471. The first-order valence-electron chi connectivity index (χ1n) is 7.99. The van der Waals surface area contributed by atoms with Crippen LogP contribution in [0.1, 0.15) is 31.7 Å². The number of anilines is 1. The highest BCUT2D eigenvalue weighted by Crippen LogP contribution is 2.32. The molecule has 2 rings (SSSR count). The Morgan fingerprint density at radius 2 is 2.17 bits per heavy atom. The molecule has 7 heteroatoms. The molecule has 2 N–H and O–H groups in total. The van der Waals surface area contributed by atoms with Crippen LogP contribution in [0.4, 0.5) is 5.69 Å². The van der Waals surface area contributed by atoms with E-state index in [9.17, 15) is 19.5 Å². The lowest BCUT2D eigenvalue weighted by atomic mass is 10.1. The zero-order valence-electron chi connectivity index (χ0n) is 13.9. The summed E-state index contributed by atoms with van der Waals surface area (Å²) in [6.07, 6.45) is 1.95. The molecule has 0 spiro atoms. The first kappa shape index (κ1) is 17.8. The van der Waals surface area contributed by atoms with E-state index in [1.807, 2.05) is 19.9 Å². The Labute approximate surface area is 140 Å². The van der Waals surface area contributed by atoms with Crippen LogP contribution in [0.25, 0.3) is 0 Å². The third-order valence-corrected chi connectivity index (χ3v) is 3.81. The van der Waals surface area contributed by atoms with Crippen molar-refractivity contribution >= 4 is 23.5 Å². The number of carboxylic acid groups (broad SMARTS) is 1. The fourth-order valence-electron chi connectivity index (χ4n) is 2.58. The summed E-state index contributed by atoms with van der Waals surface area (Å²) < 4.78 is 5.19. The average Bonchev–Trinajstić information content (AvgIpc) is 2.50. The van der Waals surface area contributed by atoms with Crippen LogP contribution < -0.4 is 15.0 Å². The number of nitrogens with one attached hydrogen (secondary N) is 1. The number of nitrogens with zero attached hydrogens (tertiary/aromatic N) is 1. The van der Waals surface area contributed by atoms with E-state index in [1.165, 1.54) is 0 Å². The number of unbranched alkanes of at least 4 members (excludes halogenated alkanes) is 1. The van der Waals surface area contributed by atoms with Gasteiger partial charge in [0.1, 0.15) is 12.6 Å². The van der Waals surface area contributed by atoms with E-state index >= 15 is 0 Å². The number of rotatable bonds is 7. The van der Waals surface area contributed by atoms with E-state index in [0.29, 0.717) is 17.9 Å². The van der Waals surface area contributed by atoms with Crippen LogP contribution in [0.5, 0.6) is 5.75 Å². The minimum Gasteiger partial charge on any atom is -0.480 e. The zero-order chi connectivity index (χ0) is 17.7. The highest BCUT2D eigenvalue weighted by molar-refractivity contribution is 5.91. The van der Waals surface area contributed by atoms with E-state index in [-0.39, 0.29) is 13.1 Å². The van der Waals surface area contributed by atoms with Crippen molar-refractivity contribution in [2.45, 2.75) is 39.2 Å². The highest BCUT2D eigenvalue weighted by Gasteiger charge is 2.27. The summed E-state index contributed by atoms with van der Waals surface area (Å²) >= 11 is 0. The van der Waals surface area contributed by atoms with Gasteiger partial charge in [-0.3, -0.25) is 4.79 Å². The predicted molar refractivity (Wildman–Crippen MR) is 88.1 cm³/mol. The lowest BCUT2D eigenvalue weighted by Crippen LogP contribution is -2.48. The standard InChI is InChI=1S/C17H22N2O5/c1-3-4-5-12(17(22)23)18-15(20)9-19-10-16(21)24-14-8-11(2)6-7-13(14)19/h6-8,12H,3-5,9-10H2,1-2H3,(H,18,20)(H,22,23). The number of hydrogen-bond donors (Lipinski definition) is 2. The molecule has 1 aromatic rings. The Hall–Kier alpha value is -2.57. The number of esters is 1. The summed E-state index contributed by atoms with van der Waals surface area (Å²) in [7, 11) is 0. The monoisotopic (exact) mass is 334 g/mol. The quantitative estimate of drug-likeness (QED) is 0.579. The first-order chi connectivity index (χ1) is 11.4. The Morgan fingerprint density at radius 1 is 1.42 bits per heavy atom. The number of hydrogen-bond acceptors (Lipinski definition) is 5. The maximum Gasteiger partial charge on any atom is 0.331 e. The molecular weight excluding hydrogens is 312 g/mol. The lowest BCUT2D eigenvalue weighted by Gasteiger charge is -2.29. The Bertz CT molecular complexity index is 644. The molecule has 0 radical (unpaired) electrons. The molecule has 0 aliphatic carbocycles. The van der Waals surface area contributed by atoms with Gasteiger partial charge in [0.25, 0.3) is 0 Å². The number of benzene rings is 1. The van der Waals surface area contributed by atoms with Crippen LogP contribution in [-0.2, 0) is 14.4 Å². The van der Waals surface area contributed by atoms with Crippen LogP contribution >= 0.6 is 0 Å². The SMILES string of the molecule is CCCCC(NC(=O)CN1CC(=O)Oc2cc(C)ccc21)C(=O)O. The highest BCUT2D eigenvalue weighted by atomic mass is 16.5. The third kappa shape index (κ3) is 4.47. The van der Waals surface area contributed by atoms with Gasteiger partial charge in [-0.1, -0.05) is 25.8 Å². The van der Waals surface area contributed by atoms with E-state index in [0.717, 1.165) is 18.4 Å². The summed E-state index contributed by atoms with van der Waals surface area (Å²) in [5.41, 5.74) is 1.59. The summed E-state index contributed by atoms with van der Waals surface area (Å²) in [5, 5.41) is 11.7. The number of carbonyl (C=O) groups excluding carboxylic acids is 2. The van der Waals surface area contributed by atoms with Crippen LogP contribution in [0.15, 0.2) is 18.2 Å². The van der Waals surface area contributed by atoms with Crippen molar-refractivity contribution < 1.29 is 24.2 Å². The molecule has 1 unspecified atom stereocenters. The lowest BCUT2D eigenvalue weighted by molar-refractivity contribution is -0.142. The molecule has 0 saturated carbocycles. The number of ether oxygens (including phenoxy) is 1. The van der Waals surface area contributed by atoms with Crippen molar-refractivity contribution in [2.24, 2.45) is 0 Å². The minimum absolute atomic E-state index is 0.0455. The van der Waals surface area contributed by atoms with Gasteiger partial charge in [-0.2, -0.15) is 0 Å². The summed E-state index contributed by atoms with van der Waals surface area (Å²) in [6.45, 7) is 3.70. The maximum atomic E-state index is 12.2. The molecule has 0 saturated heterocycles. The molecule has 1 atom stereocenters. The fourth-order valence-corrected chi connectivity index (χ4v) is 2.58. The summed E-state index contributed by atoms with van der Waals surface area (Å²) in [5.74, 6) is -1.51. The molecule has 0 aromatic heterocycles. The van der Waals surface area contributed by atoms with Gasteiger partial charge in [-0.25, -0.2) is 9.59 Å². The Morgan fingerprint density at radius 3 is 2.83 bits per heavy atom. The molecule has 1 heterocycles. The second kappa shape index (κ2) is 7.81. The number of aliphatic carboxylic acids is 1. The van der Waals surface area contributed by atoms with E-state index < -0.39 is 23.9 Å². The molecule has 0 fully saturated rings. The number of amides is 1. The molecule has 7 nitrogen and oxygen atoms in total. The van der Waals surface area contributed by atoms with Crippen molar-refractivity contribution in [1.29, 1.82) is 0 Å². The van der Waals surface area contributed by atoms with Crippen molar-refractivity contribution in [1.82, 2.24) is 5.32 Å². The molecule has 1 amide bonds. The van der Waals surface area contributed by atoms with Gasteiger partial charge >= 0.3 is 11.9 Å². The van der Waals surface area contributed by atoms with Gasteiger partial charge in [-0.05, 0) is 31.0 Å². The van der Waals surface area contributed by atoms with Crippen LogP contribution in [0.2, 0.25) is 0 Å². The van der Waals surface area contributed by atoms with Gasteiger partial charge < -0.3 is 20.1 Å². The number of carboxylic acids is 1. The van der Waals surface area contributed by atoms with Crippen molar-refractivity contribution in [2.75, 3.05) is 18.0 Å². The van der Waals surface area contributed by atoms with Gasteiger partial charge in [0, 0.05) is 0 Å². The molecule has 1 aliphatic rings. The van der Waals surface area contributed by atoms with E-state index in [4.69, 9.17) is 4.74 Å². The maximum absolute atomic E-state index is 12.2. The normalized spacial score (nSPS) is 14.6. The van der Waals surface area contributed by atoms with Gasteiger partial charge in [0.15, 0.2) is 5.75 Å². The number of fused-ring (bicyclic) bond motifs is 1. The molecule has 1 aromatic carbocycles. The van der Waals surface area contributed by atoms with Gasteiger partial charge in [0.2, 0.25) is 5.91 Å². The Balaban J connectivity index is 2.06. The average molecular weight is 334 g/mol. The molecule has 24 heavy (non-hydrogen) atoms. The second-order valence-electron chi connectivity index (χ2n) is 5.90. The first-order valence-corrected chi connectivity index (χ1v) is 7.99. The van der Waals surface area contributed by atoms with Crippen LogP contribution in [-0.4, -0.2) is 42.1 Å². The van der Waals surface area contributed by atoms with Gasteiger partial charge in [0.05, 0.1) is 12.2 Å². The van der Waals surface area contributed by atoms with Crippen molar-refractivity contribution in [3.8, 4) is 5.75 Å². The Kier molecular flexibility index (Phi) is 5.78. The minimum atomic E-state index is -1.05. The van der Waals surface area contributed by atoms with Crippen LogP contribution in [0.3, 0.4) is 0 Å². The largest absolute Gasteiger partial charge is 0.480 e. The van der Waals surface area contributed by atoms with E-state index in [2.05, 4.69) is 5.32 Å². The smallest absolute Gasteiger partial charge is 0.331 e. The number of carbonyl (C=O) groups is 3. The molecular formula is C17H22N2O5. The number of aryl methyl sites for hydroxylation is 1. The van der Waals surface area contributed by atoms with Crippen molar-refractivity contribution in [3.63, 3.8) is 0 Å². The zero-order valence-corrected chi connectivity index (χ0v) is 13.9. The topological polar surface area (TPSA) is 95.9 Å². The molecule has 1 aliphatic heterocycles. The predicted octanol–water partition coefficient (Wildman–Crippen LogP) is 1.48. The summed E-state index contributed by atoms with van der Waals surface area (Å²) in [6, 6.07) is 4.48. The van der Waals surface area contributed by atoms with E-state index in [1.54, 1.807) is 17.0 Å². The third-order valence-electron chi connectivity index (χ3n) is 3.81. The second-order valence-corrected chi connectivity index (χ2v) is 5.90. The molecule has 130 valence electrons. The summed E-state index contributed by atoms with van der Waals surface area (Å²) in [4.78, 5) is 36.7. The van der Waals surface area contributed by atoms with Gasteiger partial charge in [-0.15, -0.1) is 0 Å². The van der Waals surface area contributed by atoms with Crippen LogP contribution in [0, 0.1) is 6.92 Å². The molecule has 0 bridgehead atoms.